The molecule has 0 radical (unpaired) electrons. The number of likely N-dealkylation sites (N-methyl/N-ethyl adjacent to an activating group) is 1. The van der Waals surface area contributed by atoms with Crippen LogP contribution in [-0.2, 0) is 4.79 Å². The lowest BCUT2D eigenvalue weighted by atomic mass is 10.1. The molecule has 134 valence electrons. The van der Waals surface area contributed by atoms with Gasteiger partial charge in [0.05, 0.1) is 17.7 Å². The molecule has 6 heteroatoms. The topological polar surface area (TPSA) is 62.1 Å². The Hall–Kier alpha value is -2.73. The van der Waals surface area contributed by atoms with Crippen molar-refractivity contribution in [1.29, 1.82) is 0 Å². The standard InChI is InChI=1S/C20H20N2O3S/c1-12-5-6-13(2)15(9-12)21-20-22(3)19(24)18(26-20)11-14-7-8-16(23)17(10-14)25-4/h5-11,23H,1-4H3. The molecule has 0 unspecified atom stereocenters. The molecule has 0 bridgehead atoms. The molecule has 1 aliphatic rings. The number of amidine groups is 1. The summed E-state index contributed by atoms with van der Waals surface area (Å²) in [5.41, 5.74) is 3.82. The van der Waals surface area contributed by atoms with E-state index in [2.05, 4.69) is 4.99 Å². The summed E-state index contributed by atoms with van der Waals surface area (Å²) in [6.07, 6.45) is 1.77. The Labute approximate surface area is 157 Å². The van der Waals surface area contributed by atoms with Crippen molar-refractivity contribution >= 4 is 34.6 Å². The third-order valence-corrected chi connectivity index (χ3v) is 5.15. The van der Waals surface area contributed by atoms with Gasteiger partial charge in [0.1, 0.15) is 0 Å². The minimum Gasteiger partial charge on any atom is -0.504 e. The minimum absolute atomic E-state index is 0.0642. The average Bonchev–Trinajstić information content (AvgIpc) is 2.87. The van der Waals surface area contributed by atoms with Crippen molar-refractivity contribution in [3.05, 3.63) is 58.0 Å². The van der Waals surface area contributed by atoms with Crippen molar-refractivity contribution < 1.29 is 14.6 Å². The predicted octanol–water partition coefficient (Wildman–Crippen LogP) is 4.25. The fraction of sp³-hybridized carbons (Fsp3) is 0.200. The van der Waals surface area contributed by atoms with Gasteiger partial charge in [-0.15, -0.1) is 0 Å². The van der Waals surface area contributed by atoms with E-state index in [-0.39, 0.29) is 11.7 Å². The number of phenolic OH excluding ortho intramolecular Hbond substituents is 1. The smallest absolute Gasteiger partial charge is 0.266 e. The van der Waals surface area contributed by atoms with Gasteiger partial charge in [-0.25, -0.2) is 4.99 Å². The second-order valence-electron chi connectivity index (χ2n) is 6.09. The van der Waals surface area contributed by atoms with Crippen molar-refractivity contribution in [1.82, 2.24) is 4.90 Å². The lowest BCUT2D eigenvalue weighted by Crippen LogP contribution is -2.23. The number of aryl methyl sites for hydroxylation is 2. The first kappa shape index (κ1) is 18.1. The van der Waals surface area contributed by atoms with Gasteiger partial charge in [-0.3, -0.25) is 9.69 Å². The maximum absolute atomic E-state index is 12.6. The van der Waals surface area contributed by atoms with Gasteiger partial charge in [0, 0.05) is 7.05 Å². The highest BCUT2D eigenvalue weighted by atomic mass is 32.2. The summed E-state index contributed by atoms with van der Waals surface area (Å²) in [6, 6.07) is 11.0. The van der Waals surface area contributed by atoms with E-state index in [1.807, 2.05) is 32.0 Å². The summed E-state index contributed by atoms with van der Waals surface area (Å²) in [7, 11) is 3.21. The molecule has 0 atom stereocenters. The van der Waals surface area contributed by atoms with E-state index in [1.54, 1.807) is 36.2 Å². The zero-order chi connectivity index (χ0) is 18.8. The number of phenols is 1. The molecule has 1 heterocycles. The van der Waals surface area contributed by atoms with Crippen LogP contribution in [0.5, 0.6) is 11.5 Å². The molecule has 0 aromatic heterocycles. The Bertz CT molecular complexity index is 935. The molecule has 3 rings (SSSR count). The van der Waals surface area contributed by atoms with E-state index in [4.69, 9.17) is 4.74 Å². The highest BCUT2D eigenvalue weighted by Gasteiger charge is 2.30. The fourth-order valence-corrected chi connectivity index (χ4v) is 3.51. The maximum Gasteiger partial charge on any atom is 0.266 e. The summed E-state index contributed by atoms with van der Waals surface area (Å²) in [4.78, 5) is 19.4. The third kappa shape index (κ3) is 3.60. The van der Waals surface area contributed by atoms with Gasteiger partial charge in [-0.05, 0) is 66.6 Å². The predicted molar refractivity (Wildman–Crippen MR) is 106 cm³/mol. The van der Waals surface area contributed by atoms with Gasteiger partial charge < -0.3 is 9.84 Å². The fourth-order valence-electron chi connectivity index (χ4n) is 2.53. The van der Waals surface area contributed by atoms with Crippen LogP contribution in [0.3, 0.4) is 0 Å². The second-order valence-corrected chi connectivity index (χ2v) is 7.10. The van der Waals surface area contributed by atoms with E-state index in [0.717, 1.165) is 22.4 Å². The monoisotopic (exact) mass is 368 g/mol. The Kier molecular flexibility index (Phi) is 5.04. The number of nitrogens with zero attached hydrogens (tertiary/aromatic N) is 2. The van der Waals surface area contributed by atoms with Crippen LogP contribution < -0.4 is 4.74 Å². The van der Waals surface area contributed by atoms with Crippen LogP contribution in [0.25, 0.3) is 6.08 Å². The highest BCUT2D eigenvalue weighted by molar-refractivity contribution is 8.18. The van der Waals surface area contributed by atoms with Crippen molar-refractivity contribution in [2.75, 3.05) is 14.2 Å². The Morgan fingerprint density at radius 2 is 1.96 bits per heavy atom. The first-order valence-electron chi connectivity index (χ1n) is 8.09. The average molecular weight is 368 g/mol. The normalized spacial score (nSPS) is 17.4. The maximum atomic E-state index is 12.6. The van der Waals surface area contributed by atoms with E-state index in [9.17, 15) is 9.90 Å². The number of aliphatic imine (C=N–C) groups is 1. The van der Waals surface area contributed by atoms with Crippen molar-refractivity contribution in [2.24, 2.45) is 4.99 Å². The van der Waals surface area contributed by atoms with Crippen LogP contribution in [0.2, 0.25) is 0 Å². The molecule has 26 heavy (non-hydrogen) atoms. The minimum atomic E-state index is -0.105. The van der Waals surface area contributed by atoms with Crippen molar-refractivity contribution in [3.8, 4) is 11.5 Å². The van der Waals surface area contributed by atoms with Gasteiger partial charge in [0.15, 0.2) is 16.7 Å². The molecule has 1 amide bonds. The number of ether oxygens (including phenoxy) is 1. The molecule has 1 N–H and O–H groups in total. The molecule has 5 nitrogen and oxygen atoms in total. The van der Waals surface area contributed by atoms with E-state index >= 15 is 0 Å². The number of carbonyl (C=O) groups excluding carboxylic acids is 1. The summed E-state index contributed by atoms with van der Waals surface area (Å²) >= 11 is 1.33. The van der Waals surface area contributed by atoms with Crippen molar-refractivity contribution in [2.45, 2.75) is 13.8 Å². The first-order chi connectivity index (χ1) is 12.4. The molecule has 0 saturated carbocycles. The zero-order valence-electron chi connectivity index (χ0n) is 15.1. The Morgan fingerprint density at radius 3 is 2.69 bits per heavy atom. The van der Waals surface area contributed by atoms with Gasteiger partial charge in [0.25, 0.3) is 5.91 Å². The number of aromatic hydroxyl groups is 1. The molecular formula is C20H20N2O3S. The third-order valence-electron chi connectivity index (χ3n) is 4.09. The largest absolute Gasteiger partial charge is 0.504 e. The Morgan fingerprint density at radius 1 is 1.19 bits per heavy atom. The van der Waals surface area contributed by atoms with E-state index in [0.29, 0.717) is 15.8 Å². The van der Waals surface area contributed by atoms with Crippen LogP contribution in [0.1, 0.15) is 16.7 Å². The lowest BCUT2D eigenvalue weighted by Gasteiger charge is -2.08. The van der Waals surface area contributed by atoms with Gasteiger partial charge in [0.2, 0.25) is 0 Å². The Balaban J connectivity index is 1.94. The molecule has 1 saturated heterocycles. The van der Waals surface area contributed by atoms with Gasteiger partial charge in [-0.2, -0.15) is 0 Å². The number of carbonyl (C=O) groups is 1. The SMILES string of the molecule is COc1cc(C=C2SC(=Nc3cc(C)ccc3C)N(C)C2=O)ccc1O. The molecule has 1 fully saturated rings. The van der Waals surface area contributed by atoms with Crippen LogP contribution >= 0.6 is 11.8 Å². The summed E-state index contributed by atoms with van der Waals surface area (Å²) in [5, 5.41) is 10.3. The number of rotatable bonds is 3. The van der Waals surface area contributed by atoms with Crippen LogP contribution in [-0.4, -0.2) is 35.2 Å². The molecule has 1 aliphatic heterocycles. The van der Waals surface area contributed by atoms with Crippen molar-refractivity contribution in [3.63, 3.8) is 0 Å². The number of amides is 1. The zero-order valence-corrected chi connectivity index (χ0v) is 15.9. The molecular weight excluding hydrogens is 348 g/mol. The van der Waals surface area contributed by atoms with E-state index in [1.165, 1.54) is 18.9 Å². The van der Waals surface area contributed by atoms with Gasteiger partial charge >= 0.3 is 0 Å². The van der Waals surface area contributed by atoms with Crippen LogP contribution in [0, 0.1) is 13.8 Å². The summed E-state index contributed by atoms with van der Waals surface area (Å²) < 4.78 is 5.12. The lowest BCUT2D eigenvalue weighted by molar-refractivity contribution is -0.121. The van der Waals surface area contributed by atoms with Crippen LogP contribution in [0.15, 0.2) is 46.3 Å². The first-order valence-corrected chi connectivity index (χ1v) is 8.91. The number of methoxy groups -OCH3 is 1. The number of benzene rings is 2. The van der Waals surface area contributed by atoms with Gasteiger partial charge in [-0.1, -0.05) is 18.2 Å². The number of hydrogen-bond donors (Lipinski definition) is 1. The molecule has 0 spiro atoms. The number of hydrogen-bond acceptors (Lipinski definition) is 5. The molecule has 2 aromatic rings. The van der Waals surface area contributed by atoms with Crippen LogP contribution in [0.4, 0.5) is 5.69 Å². The van der Waals surface area contributed by atoms with E-state index < -0.39 is 0 Å². The highest BCUT2D eigenvalue weighted by Crippen LogP contribution is 2.35. The second kappa shape index (κ2) is 7.25. The molecule has 0 aliphatic carbocycles. The summed E-state index contributed by atoms with van der Waals surface area (Å²) in [6.45, 7) is 4.02. The summed E-state index contributed by atoms with van der Waals surface area (Å²) in [5.74, 6) is 0.327. The molecule has 2 aromatic carbocycles. The quantitative estimate of drug-likeness (QED) is 0.823. The number of thioether (sulfide) groups is 1.